The van der Waals surface area contributed by atoms with Crippen molar-refractivity contribution in [3.63, 3.8) is 0 Å². The number of rotatable bonds is 4. The molecule has 0 fully saturated rings. The van der Waals surface area contributed by atoms with Crippen LogP contribution in [0.25, 0.3) is 6.08 Å². The van der Waals surface area contributed by atoms with E-state index in [4.69, 9.17) is 16.7 Å². The van der Waals surface area contributed by atoms with Crippen molar-refractivity contribution >= 4 is 29.6 Å². The van der Waals surface area contributed by atoms with Crippen molar-refractivity contribution in [3.8, 4) is 0 Å². The molecular formula is C14H16ClN3O3. The van der Waals surface area contributed by atoms with Gasteiger partial charge in [-0.1, -0.05) is 23.8 Å². The number of hydrogen-bond acceptors (Lipinski definition) is 3. The first kappa shape index (κ1) is 15.3. The van der Waals surface area contributed by atoms with Gasteiger partial charge >= 0.3 is 5.97 Å². The highest BCUT2D eigenvalue weighted by Crippen LogP contribution is 2.20. The zero-order chi connectivity index (χ0) is 15.6. The standard InChI is InChI=1S/C14H16ClN3O3/c1-8-11(13(15)18(2)17-8)5-6-12(19)16-10-4-3-9(7-10)14(20)21/h3-6,9-10H,7H2,1-2H3,(H,16,19)(H,20,21). The number of aryl methyl sites for hydroxylation is 2. The van der Waals surface area contributed by atoms with Crippen molar-refractivity contribution in [2.24, 2.45) is 13.0 Å². The van der Waals surface area contributed by atoms with Crippen LogP contribution in [0.2, 0.25) is 5.15 Å². The summed E-state index contributed by atoms with van der Waals surface area (Å²) in [6, 6.07) is -0.256. The van der Waals surface area contributed by atoms with Gasteiger partial charge in [0.2, 0.25) is 5.91 Å². The van der Waals surface area contributed by atoms with E-state index in [0.29, 0.717) is 17.1 Å². The summed E-state index contributed by atoms with van der Waals surface area (Å²) in [7, 11) is 1.72. The first-order valence-electron chi connectivity index (χ1n) is 6.47. The van der Waals surface area contributed by atoms with Crippen LogP contribution in [0, 0.1) is 12.8 Å². The van der Waals surface area contributed by atoms with Crippen LogP contribution in [0.5, 0.6) is 0 Å². The molecule has 21 heavy (non-hydrogen) atoms. The summed E-state index contributed by atoms with van der Waals surface area (Å²) in [5.41, 5.74) is 1.43. The number of aromatic nitrogens is 2. The van der Waals surface area contributed by atoms with E-state index in [1.165, 1.54) is 10.8 Å². The number of carbonyl (C=O) groups is 2. The predicted molar refractivity (Wildman–Crippen MR) is 78.8 cm³/mol. The second-order valence-corrected chi connectivity index (χ2v) is 5.29. The molecule has 0 aromatic carbocycles. The van der Waals surface area contributed by atoms with E-state index in [2.05, 4.69) is 10.4 Å². The molecular weight excluding hydrogens is 294 g/mol. The Bertz CT molecular complexity index is 634. The van der Waals surface area contributed by atoms with Crippen LogP contribution in [-0.2, 0) is 16.6 Å². The van der Waals surface area contributed by atoms with E-state index in [-0.39, 0.29) is 11.9 Å². The van der Waals surface area contributed by atoms with Gasteiger partial charge in [0, 0.05) is 24.7 Å². The normalized spacial score (nSPS) is 21.1. The van der Waals surface area contributed by atoms with Gasteiger partial charge in [-0.15, -0.1) is 0 Å². The van der Waals surface area contributed by atoms with Gasteiger partial charge in [0.1, 0.15) is 5.15 Å². The molecule has 2 N–H and O–H groups in total. The summed E-state index contributed by atoms with van der Waals surface area (Å²) >= 11 is 6.06. The number of carboxylic acid groups (broad SMARTS) is 1. The van der Waals surface area contributed by atoms with Gasteiger partial charge in [-0.2, -0.15) is 5.10 Å². The molecule has 7 heteroatoms. The van der Waals surface area contributed by atoms with Gasteiger partial charge in [-0.3, -0.25) is 14.3 Å². The SMILES string of the molecule is Cc1nn(C)c(Cl)c1C=CC(=O)NC1C=CC(C(=O)O)C1. The molecule has 0 radical (unpaired) electrons. The van der Waals surface area contributed by atoms with Gasteiger partial charge < -0.3 is 10.4 Å². The van der Waals surface area contributed by atoms with Crippen molar-refractivity contribution in [1.29, 1.82) is 0 Å². The van der Waals surface area contributed by atoms with E-state index >= 15 is 0 Å². The van der Waals surface area contributed by atoms with E-state index < -0.39 is 11.9 Å². The lowest BCUT2D eigenvalue weighted by molar-refractivity contribution is -0.140. The van der Waals surface area contributed by atoms with Crippen LogP contribution in [0.15, 0.2) is 18.2 Å². The van der Waals surface area contributed by atoms with E-state index in [9.17, 15) is 9.59 Å². The summed E-state index contributed by atoms with van der Waals surface area (Å²) in [5, 5.41) is 16.2. The van der Waals surface area contributed by atoms with Gasteiger partial charge in [0.05, 0.1) is 11.6 Å². The largest absolute Gasteiger partial charge is 0.481 e. The molecule has 0 saturated carbocycles. The zero-order valence-electron chi connectivity index (χ0n) is 11.7. The number of nitrogens with zero attached hydrogens (tertiary/aromatic N) is 2. The van der Waals surface area contributed by atoms with Gasteiger partial charge in [0.25, 0.3) is 0 Å². The maximum absolute atomic E-state index is 11.8. The van der Waals surface area contributed by atoms with Crippen molar-refractivity contribution in [2.45, 2.75) is 19.4 Å². The summed E-state index contributed by atoms with van der Waals surface area (Å²) in [6.07, 6.45) is 6.65. The zero-order valence-corrected chi connectivity index (χ0v) is 12.5. The molecule has 6 nitrogen and oxygen atoms in total. The molecule has 0 aliphatic heterocycles. The van der Waals surface area contributed by atoms with Crippen LogP contribution in [-0.4, -0.2) is 32.8 Å². The monoisotopic (exact) mass is 309 g/mol. The highest BCUT2D eigenvalue weighted by molar-refractivity contribution is 6.31. The Balaban J connectivity index is 1.95. The first-order valence-corrected chi connectivity index (χ1v) is 6.85. The Morgan fingerprint density at radius 3 is 2.76 bits per heavy atom. The smallest absolute Gasteiger partial charge is 0.310 e. The van der Waals surface area contributed by atoms with Crippen molar-refractivity contribution in [3.05, 3.63) is 34.6 Å². The highest BCUT2D eigenvalue weighted by atomic mass is 35.5. The molecule has 1 aromatic rings. The topological polar surface area (TPSA) is 84.2 Å². The fourth-order valence-corrected chi connectivity index (χ4v) is 2.45. The first-order chi connectivity index (χ1) is 9.88. The molecule has 2 atom stereocenters. The van der Waals surface area contributed by atoms with Crippen molar-refractivity contribution < 1.29 is 14.7 Å². The maximum Gasteiger partial charge on any atom is 0.310 e. The van der Waals surface area contributed by atoms with Crippen molar-refractivity contribution in [1.82, 2.24) is 15.1 Å². The van der Waals surface area contributed by atoms with Crippen LogP contribution < -0.4 is 5.32 Å². The number of hydrogen-bond donors (Lipinski definition) is 2. The Morgan fingerprint density at radius 2 is 2.24 bits per heavy atom. The second kappa shape index (κ2) is 6.13. The number of halogens is 1. The molecule has 0 spiro atoms. The fourth-order valence-electron chi connectivity index (χ4n) is 2.21. The van der Waals surface area contributed by atoms with Crippen LogP contribution >= 0.6 is 11.6 Å². The number of amides is 1. The minimum absolute atomic E-state index is 0.256. The third-order valence-electron chi connectivity index (χ3n) is 3.33. The van der Waals surface area contributed by atoms with Crippen molar-refractivity contribution in [2.75, 3.05) is 0 Å². The molecule has 2 rings (SSSR count). The summed E-state index contributed by atoms with van der Waals surface area (Å²) in [5.74, 6) is -1.71. The van der Waals surface area contributed by atoms with Crippen LogP contribution in [0.1, 0.15) is 17.7 Å². The lowest BCUT2D eigenvalue weighted by Crippen LogP contribution is -2.31. The summed E-state index contributed by atoms with van der Waals surface area (Å²) in [6.45, 7) is 1.81. The highest BCUT2D eigenvalue weighted by Gasteiger charge is 2.24. The van der Waals surface area contributed by atoms with E-state index in [1.54, 1.807) is 32.2 Å². The molecule has 1 aliphatic rings. The number of nitrogens with one attached hydrogen (secondary N) is 1. The maximum atomic E-state index is 11.8. The Kier molecular flexibility index (Phi) is 4.47. The fraction of sp³-hybridized carbons (Fsp3) is 0.357. The molecule has 0 bridgehead atoms. The summed E-state index contributed by atoms with van der Waals surface area (Å²) < 4.78 is 1.53. The Labute approximate surface area is 127 Å². The third kappa shape index (κ3) is 3.52. The summed E-state index contributed by atoms with van der Waals surface area (Å²) in [4.78, 5) is 22.6. The van der Waals surface area contributed by atoms with Gasteiger partial charge in [0.15, 0.2) is 0 Å². The molecule has 1 aromatic heterocycles. The van der Waals surface area contributed by atoms with Crippen LogP contribution in [0.3, 0.4) is 0 Å². The average molecular weight is 310 g/mol. The third-order valence-corrected chi connectivity index (χ3v) is 3.77. The van der Waals surface area contributed by atoms with Gasteiger partial charge in [-0.25, -0.2) is 0 Å². The number of carboxylic acids is 1. The number of aliphatic carboxylic acids is 1. The minimum Gasteiger partial charge on any atom is -0.481 e. The lowest BCUT2D eigenvalue weighted by Gasteiger charge is -2.10. The van der Waals surface area contributed by atoms with Gasteiger partial charge in [-0.05, 0) is 19.4 Å². The van der Waals surface area contributed by atoms with E-state index in [1.807, 2.05) is 0 Å². The van der Waals surface area contributed by atoms with E-state index in [0.717, 1.165) is 5.69 Å². The molecule has 2 unspecified atom stereocenters. The second-order valence-electron chi connectivity index (χ2n) is 4.93. The Morgan fingerprint density at radius 1 is 1.52 bits per heavy atom. The average Bonchev–Trinajstić information content (AvgIpc) is 2.95. The van der Waals surface area contributed by atoms with Crippen LogP contribution in [0.4, 0.5) is 0 Å². The Hall–Kier alpha value is -2.08. The quantitative estimate of drug-likeness (QED) is 0.653. The molecule has 112 valence electrons. The predicted octanol–water partition coefficient (Wildman–Crippen LogP) is 1.54. The lowest BCUT2D eigenvalue weighted by atomic mass is 10.1. The molecule has 0 saturated heterocycles. The molecule has 1 aliphatic carbocycles. The number of carbonyl (C=O) groups excluding carboxylic acids is 1. The minimum atomic E-state index is -0.878. The molecule has 1 heterocycles. The molecule has 1 amide bonds.